The molecule has 3 aliphatic rings. The molecule has 164 valence electrons. The van der Waals surface area contributed by atoms with Crippen LogP contribution in [0.1, 0.15) is 41.6 Å². The quantitative estimate of drug-likeness (QED) is 0.467. The monoisotopic (exact) mass is 542 g/mol. The first-order valence-corrected chi connectivity index (χ1v) is 11.8. The van der Waals surface area contributed by atoms with Crippen LogP contribution in [0.2, 0.25) is 0 Å². The van der Waals surface area contributed by atoms with E-state index in [1.807, 2.05) is 55.5 Å². The Kier molecular flexibility index (Phi) is 5.21. The van der Waals surface area contributed by atoms with E-state index >= 15 is 0 Å². The Morgan fingerprint density at radius 3 is 2.44 bits per heavy atom. The van der Waals surface area contributed by atoms with Crippen molar-refractivity contribution in [1.29, 1.82) is 0 Å². The number of nitrogens with one attached hydrogen (secondary N) is 1. The van der Waals surface area contributed by atoms with Gasteiger partial charge in [-0.3, -0.25) is 4.79 Å². The number of carboxylic acid groups (broad SMARTS) is 1. The number of amides is 1. The van der Waals surface area contributed by atoms with E-state index in [0.717, 1.165) is 31.3 Å². The second-order valence-corrected chi connectivity index (χ2v) is 10.1. The first-order chi connectivity index (χ1) is 15.3. The van der Waals surface area contributed by atoms with Crippen LogP contribution in [0.3, 0.4) is 0 Å². The van der Waals surface area contributed by atoms with Gasteiger partial charge in [0.2, 0.25) is 0 Å². The van der Waals surface area contributed by atoms with Gasteiger partial charge in [0.05, 0.1) is 28.9 Å². The van der Waals surface area contributed by atoms with Crippen LogP contribution in [0.25, 0.3) is 22.2 Å². The molecule has 6 rings (SSSR count). The minimum atomic E-state index is -1.09. The fourth-order valence-corrected chi connectivity index (χ4v) is 5.43. The maximum absolute atomic E-state index is 13.7. The van der Waals surface area contributed by atoms with Crippen molar-refractivity contribution in [3.8, 4) is 11.3 Å². The van der Waals surface area contributed by atoms with Crippen LogP contribution >= 0.6 is 22.6 Å². The molecule has 3 aromatic rings. The third-order valence-corrected chi connectivity index (χ3v) is 7.54. The largest absolute Gasteiger partial charge is 0.479 e. The average molecular weight is 542 g/mol. The van der Waals surface area contributed by atoms with E-state index in [0.29, 0.717) is 31.2 Å². The Labute approximate surface area is 199 Å². The van der Waals surface area contributed by atoms with Crippen molar-refractivity contribution in [2.75, 3.05) is 6.61 Å². The number of ether oxygens (including phenoxy) is 1. The summed E-state index contributed by atoms with van der Waals surface area (Å²) in [5.41, 5.74) is 2.33. The van der Waals surface area contributed by atoms with Gasteiger partial charge in [-0.1, -0.05) is 30.3 Å². The molecule has 1 saturated carbocycles. The Hall–Kier alpha value is -2.52. The number of halogens is 1. The molecular weight excluding hydrogens is 519 g/mol. The van der Waals surface area contributed by atoms with Gasteiger partial charge in [0, 0.05) is 14.5 Å². The second kappa shape index (κ2) is 7.81. The molecule has 2 N–H and O–H groups in total. The van der Waals surface area contributed by atoms with E-state index in [9.17, 15) is 14.7 Å². The molecule has 7 heteroatoms. The number of aliphatic carboxylic acids is 1. The summed E-state index contributed by atoms with van der Waals surface area (Å²) >= 11 is 2.24. The van der Waals surface area contributed by atoms with Crippen LogP contribution < -0.4 is 5.32 Å². The fraction of sp³-hybridized carbons (Fsp3) is 0.320. The SMILES string of the molecule is Cc1c(-c2ccccc2)nc2ccc(I)cc2c1C(=O)NC12CCC(C(=O)O)(CC1)OC2. The van der Waals surface area contributed by atoms with E-state index in [1.54, 1.807) is 0 Å². The second-order valence-electron chi connectivity index (χ2n) is 8.81. The third-order valence-electron chi connectivity index (χ3n) is 6.87. The van der Waals surface area contributed by atoms with Crippen LogP contribution in [-0.4, -0.2) is 39.7 Å². The number of hydrogen-bond acceptors (Lipinski definition) is 4. The molecule has 2 bridgehead atoms. The number of fused-ring (bicyclic) bond motifs is 4. The van der Waals surface area contributed by atoms with Gasteiger partial charge >= 0.3 is 5.97 Å². The minimum absolute atomic E-state index is 0.164. The van der Waals surface area contributed by atoms with E-state index in [1.165, 1.54) is 0 Å². The first-order valence-electron chi connectivity index (χ1n) is 10.7. The van der Waals surface area contributed by atoms with Crippen molar-refractivity contribution in [2.45, 2.75) is 43.7 Å². The Morgan fingerprint density at radius 1 is 1.09 bits per heavy atom. The molecule has 2 saturated heterocycles. The molecule has 1 aliphatic carbocycles. The fourth-order valence-electron chi connectivity index (χ4n) is 4.94. The summed E-state index contributed by atoms with van der Waals surface area (Å²) in [6, 6.07) is 15.8. The summed E-state index contributed by atoms with van der Waals surface area (Å²) in [6.07, 6.45) is 2.00. The molecule has 0 radical (unpaired) electrons. The van der Waals surface area contributed by atoms with E-state index in [2.05, 4.69) is 27.9 Å². The predicted molar refractivity (Wildman–Crippen MR) is 130 cm³/mol. The lowest BCUT2D eigenvalue weighted by atomic mass is 9.71. The Balaban J connectivity index is 1.56. The summed E-state index contributed by atoms with van der Waals surface area (Å²) in [4.78, 5) is 30.3. The highest BCUT2D eigenvalue weighted by atomic mass is 127. The van der Waals surface area contributed by atoms with Gasteiger partial charge in [-0.2, -0.15) is 0 Å². The number of hydrogen-bond donors (Lipinski definition) is 2. The molecule has 0 spiro atoms. The summed E-state index contributed by atoms with van der Waals surface area (Å²) in [5, 5.41) is 13.6. The van der Waals surface area contributed by atoms with Crippen LogP contribution in [-0.2, 0) is 9.53 Å². The number of carboxylic acids is 1. The molecule has 3 fully saturated rings. The number of carbonyl (C=O) groups excluding carboxylic acids is 1. The van der Waals surface area contributed by atoms with Crippen LogP contribution in [0.5, 0.6) is 0 Å². The number of nitrogens with zero attached hydrogens (tertiary/aromatic N) is 1. The van der Waals surface area contributed by atoms with Crippen molar-refractivity contribution in [3.63, 3.8) is 0 Å². The molecule has 6 nitrogen and oxygen atoms in total. The molecule has 0 unspecified atom stereocenters. The van der Waals surface area contributed by atoms with Gasteiger partial charge in [-0.15, -0.1) is 0 Å². The summed E-state index contributed by atoms with van der Waals surface area (Å²) in [6.45, 7) is 2.16. The van der Waals surface area contributed by atoms with Crippen molar-refractivity contribution in [2.24, 2.45) is 0 Å². The van der Waals surface area contributed by atoms with Crippen LogP contribution in [0.15, 0.2) is 48.5 Å². The molecule has 2 aliphatic heterocycles. The van der Waals surface area contributed by atoms with Crippen molar-refractivity contribution >= 4 is 45.4 Å². The number of rotatable bonds is 4. The predicted octanol–water partition coefficient (Wildman–Crippen LogP) is 4.71. The number of carbonyl (C=O) groups is 2. The molecule has 1 aromatic heterocycles. The minimum Gasteiger partial charge on any atom is -0.479 e. The van der Waals surface area contributed by atoms with Gasteiger partial charge in [0.15, 0.2) is 5.60 Å². The third kappa shape index (κ3) is 3.47. The molecule has 0 atom stereocenters. The zero-order valence-electron chi connectivity index (χ0n) is 17.7. The standard InChI is InChI=1S/C25H23IN2O4/c1-15-20(22(29)28-24-9-11-25(12-10-24,23(30)31)32-14-24)18-13-17(26)7-8-19(18)27-21(15)16-5-3-2-4-6-16/h2-8,13H,9-12,14H2,1H3,(H,28,29)(H,30,31). The van der Waals surface area contributed by atoms with Crippen molar-refractivity contribution in [3.05, 3.63) is 63.2 Å². The highest BCUT2D eigenvalue weighted by Gasteiger charge is 2.54. The zero-order valence-corrected chi connectivity index (χ0v) is 19.8. The maximum atomic E-state index is 13.7. The van der Waals surface area contributed by atoms with E-state index in [4.69, 9.17) is 9.72 Å². The van der Waals surface area contributed by atoms with Gasteiger partial charge in [-0.05, 0) is 79.0 Å². The van der Waals surface area contributed by atoms with Crippen LogP contribution in [0.4, 0.5) is 0 Å². The number of aromatic nitrogens is 1. The lowest BCUT2D eigenvalue weighted by Gasteiger charge is -2.51. The topological polar surface area (TPSA) is 88.5 Å². The zero-order chi connectivity index (χ0) is 22.5. The number of benzene rings is 2. The van der Waals surface area contributed by atoms with E-state index in [-0.39, 0.29) is 12.5 Å². The molecule has 2 aromatic carbocycles. The highest BCUT2D eigenvalue weighted by Crippen LogP contribution is 2.44. The van der Waals surface area contributed by atoms with Gasteiger partial charge in [0.25, 0.3) is 5.91 Å². The van der Waals surface area contributed by atoms with E-state index < -0.39 is 17.1 Å². The number of pyridine rings is 1. The summed E-state index contributed by atoms with van der Waals surface area (Å²) in [5.74, 6) is -1.07. The van der Waals surface area contributed by atoms with Gasteiger partial charge < -0.3 is 15.2 Å². The lowest BCUT2D eigenvalue weighted by Crippen LogP contribution is -2.65. The first kappa shape index (κ1) is 21.3. The van der Waals surface area contributed by atoms with Crippen molar-refractivity contribution in [1.82, 2.24) is 10.3 Å². The average Bonchev–Trinajstić information content (AvgIpc) is 2.80. The Morgan fingerprint density at radius 2 is 1.81 bits per heavy atom. The summed E-state index contributed by atoms with van der Waals surface area (Å²) < 4.78 is 6.80. The summed E-state index contributed by atoms with van der Waals surface area (Å²) in [7, 11) is 0. The smallest absolute Gasteiger partial charge is 0.335 e. The van der Waals surface area contributed by atoms with Gasteiger partial charge in [-0.25, -0.2) is 9.78 Å². The highest BCUT2D eigenvalue weighted by molar-refractivity contribution is 14.1. The normalized spacial score (nSPS) is 24.4. The lowest BCUT2D eigenvalue weighted by molar-refractivity contribution is -0.195. The van der Waals surface area contributed by atoms with Crippen LogP contribution in [0, 0.1) is 10.5 Å². The maximum Gasteiger partial charge on any atom is 0.335 e. The van der Waals surface area contributed by atoms with Gasteiger partial charge in [0.1, 0.15) is 0 Å². The Bertz CT molecular complexity index is 1220. The van der Waals surface area contributed by atoms with Crippen molar-refractivity contribution < 1.29 is 19.4 Å². The molecule has 3 heterocycles. The molecule has 32 heavy (non-hydrogen) atoms. The molecule has 1 amide bonds. The molecular formula is C25H23IN2O4.